The van der Waals surface area contributed by atoms with Crippen molar-refractivity contribution in [1.29, 1.82) is 5.26 Å². The van der Waals surface area contributed by atoms with Gasteiger partial charge in [0.2, 0.25) is 5.91 Å². The molecule has 0 N–H and O–H groups in total. The highest BCUT2D eigenvalue weighted by Crippen LogP contribution is 2.25. The van der Waals surface area contributed by atoms with Crippen LogP contribution >= 0.6 is 11.8 Å². The van der Waals surface area contributed by atoms with E-state index < -0.39 is 0 Å². The third-order valence-corrected chi connectivity index (χ3v) is 4.74. The van der Waals surface area contributed by atoms with Gasteiger partial charge in [-0.05, 0) is 31.2 Å². The minimum atomic E-state index is -0.355. The molecule has 7 heteroatoms. The summed E-state index contributed by atoms with van der Waals surface area (Å²) in [5.74, 6) is -0.0564. The van der Waals surface area contributed by atoms with Crippen molar-refractivity contribution in [2.24, 2.45) is 0 Å². The van der Waals surface area contributed by atoms with Gasteiger partial charge in [-0.1, -0.05) is 36.0 Å². The number of aromatic nitrogens is 3. The highest BCUT2D eigenvalue weighted by atomic mass is 32.2. The number of nitriles is 1. The number of rotatable bonds is 6. The average Bonchev–Trinajstić information content (AvgIpc) is 3.06. The van der Waals surface area contributed by atoms with Gasteiger partial charge < -0.3 is 4.90 Å². The van der Waals surface area contributed by atoms with Crippen LogP contribution in [0.4, 0.5) is 5.69 Å². The normalized spacial score (nSPS) is 11.8. The third kappa shape index (κ3) is 3.80. The Morgan fingerprint density at radius 1 is 1.24 bits per heavy atom. The zero-order valence-electron chi connectivity index (χ0n) is 13.7. The zero-order valence-corrected chi connectivity index (χ0v) is 14.6. The topological polar surface area (TPSA) is 74.3 Å². The Morgan fingerprint density at radius 3 is 2.76 bits per heavy atom. The van der Waals surface area contributed by atoms with Crippen molar-refractivity contribution in [3.8, 4) is 6.07 Å². The molecule has 1 atom stereocenters. The lowest BCUT2D eigenvalue weighted by Crippen LogP contribution is -2.37. The van der Waals surface area contributed by atoms with Gasteiger partial charge in [0.1, 0.15) is 0 Å². The first-order chi connectivity index (χ1) is 12.2. The monoisotopic (exact) mass is 351 g/mol. The van der Waals surface area contributed by atoms with Crippen LogP contribution in [-0.4, -0.2) is 32.3 Å². The van der Waals surface area contributed by atoms with Crippen LogP contribution in [-0.2, 0) is 4.79 Å². The van der Waals surface area contributed by atoms with Gasteiger partial charge in [-0.15, -0.1) is 10.2 Å². The number of nitrogens with zero attached hydrogens (tertiary/aromatic N) is 5. The number of para-hydroxylation sites is 1. The fourth-order valence-electron chi connectivity index (χ4n) is 2.46. The predicted molar refractivity (Wildman–Crippen MR) is 97.3 cm³/mol. The average molecular weight is 351 g/mol. The van der Waals surface area contributed by atoms with Crippen LogP contribution in [0.25, 0.3) is 5.65 Å². The molecular weight excluding hydrogens is 334 g/mol. The van der Waals surface area contributed by atoms with E-state index in [1.807, 2.05) is 66.1 Å². The van der Waals surface area contributed by atoms with E-state index >= 15 is 0 Å². The Hall–Kier alpha value is -2.85. The third-order valence-electron chi connectivity index (χ3n) is 3.69. The SMILES string of the molecule is C[C@H](Sc1nnc2ccccn12)C(=O)N(CCC#N)c1ccccc1. The standard InChI is InChI=1S/C18H17N5OS/c1-14(25-18-21-20-16-10-5-6-12-23(16)18)17(24)22(13-7-11-19)15-8-3-2-4-9-15/h2-6,8-10,12,14H,7,13H2,1H3/t14-/m0/s1. The van der Waals surface area contributed by atoms with Crippen LogP contribution in [0, 0.1) is 11.3 Å². The molecular formula is C18H17N5OS. The summed E-state index contributed by atoms with van der Waals surface area (Å²) < 4.78 is 1.86. The molecule has 2 heterocycles. The lowest BCUT2D eigenvalue weighted by Gasteiger charge is -2.24. The highest BCUT2D eigenvalue weighted by molar-refractivity contribution is 8.00. The second kappa shape index (κ2) is 7.81. The number of hydrogen-bond donors (Lipinski definition) is 0. The van der Waals surface area contributed by atoms with Crippen molar-refractivity contribution in [2.45, 2.75) is 23.8 Å². The molecule has 25 heavy (non-hydrogen) atoms. The summed E-state index contributed by atoms with van der Waals surface area (Å²) in [6.45, 7) is 2.21. The summed E-state index contributed by atoms with van der Waals surface area (Å²) in [7, 11) is 0. The molecule has 3 rings (SSSR count). The Bertz CT molecular complexity index is 902. The lowest BCUT2D eigenvalue weighted by molar-refractivity contribution is -0.117. The molecule has 0 unspecified atom stereocenters. The van der Waals surface area contributed by atoms with Gasteiger partial charge >= 0.3 is 0 Å². The maximum atomic E-state index is 13.0. The maximum absolute atomic E-state index is 13.0. The number of fused-ring (bicyclic) bond motifs is 1. The first-order valence-corrected chi connectivity index (χ1v) is 8.78. The van der Waals surface area contributed by atoms with Gasteiger partial charge in [-0.2, -0.15) is 5.26 Å². The number of hydrogen-bond acceptors (Lipinski definition) is 5. The molecule has 0 spiro atoms. The minimum absolute atomic E-state index is 0.0564. The van der Waals surface area contributed by atoms with Crippen LogP contribution in [0.1, 0.15) is 13.3 Å². The summed E-state index contributed by atoms with van der Waals surface area (Å²) in [6, 6.07) is 17.2. The molecule has 0 aliphatic rings. The van der Waals surface area contributed by atoms with Crippen LogP contribution in [0.15, 0.2) is 59.9 Å². The first-order valence-electron chi connectivity index (χ1n) is 7.90. The van der Waals surface area contributed by atoms with E-state index in [1.54, 1.807) is 4.90 Å². The van der Waals surface area contributed by atoms with E-state index in [1.165, 1.54) is 11.8 Å². The fraction of sp³-hybridized carbons (Fsp3) is 0.222. The van der Waals surface area contributed by atoms with E-state index in [4.69, 9.17) is 5.26 Å². The van der Waals surface area contributed by atoms with Crippen molar-refractivity contribution in [3.05, 3.63) is 54.7 Å². The minimum Gasteiger partial charge on any atom is -0.310 e. The molecule has 0 saturated heterocycles. The Balaban J connectivity index is 1.80. The van der Waals surface area contributed by atoms with Crippen LogP contribution in [0.2, 0.25) is 0 Å². The Kier molecular flexibility index (Phi) is 5.31. The molecule has 1 amide bonds. The van der Waals surface area contributed by atoms with Crippen LogP contribution < -0.4 is 4.90 Å². The quantitative estimate of drug-likeness (QED) is 0.638. The van der Waals surface area contributed by atoms with Crippen molar-refractivity contribution in [3.63, 3.8) is 0 Å². The summed E-state index contributed by atoms with van der Waals surface area (Å²) >= 11 is 1.36. The van der Waals surface area contributed by atoms with Gasteiger partial charge in [-0.25, -0.2) is 0 Å². The Labute approximate surface area is 150 Å². The molecule has 126 valence electrons. The molecule has 0 saturated carbocycles. The molecule has 6 nitrogen and oxygen atoms in total. The predicted octanol–water partition coefficient (Wildman–Crippen LogP) is 3.16. The number of anilines is 1. The van der Waals surface area contributed by atoms with Crippen molar-refractivity contribution < 1.29 is 4.79 Å². The lowest BCUT2D eigenvalue weighted by atomic mass is 10.2. The van der Waals surface area contributed by atoms with Crippen molar-refractivity contribution in [1.82, 2.24) is 14.6 Å². The number of carbonyl (C=O) groups is 1. The zero-order chi connectivity index (χ0) is 17.6. The number of amides is 1. The van der Waals surface area contributed by atoms with Crippen molar-refractivity contribution in [2.75, 3.05) is 11.4 Å². The number of carbonyl (C=O) groups excluding carboxylic acids is 1. The smallest absolute Gasteiger partial charge is 0.240 e. The number of benzene rings is 1. The summed E-state index contributed by atoms with van der Waals surface area (Å²) in [6.07, 6.45) is 2.16. The fourth-order valence-corrected chi connectivity index (χ4v) is 3.36. The molecule has 3 aromatic rings. The number of thioether (sulfide) groups is 1. The van der Waals surface area contributed by atoms with E-state index in [0.717, 1.165) is 11.3 Å². The molecule has 0 bridgehead atoms. The van der Waals surface area contributed by atoms with Gasteiger partial charge in [0, 0.05) is 18.4 Å². The van der Waals surface area contributed by atoms with E-state index in [9.17, 15) is 4.79 Å². The second-order valence-electron chi connectivity index (χ2n) is 5.41. The Morgan fingerprint density at radius 2 is 2.00 bits per heavy atom. The van der Waals surface area contributed by atoms with Crippen LogP contribution in [0.5, 0.6) is 0 Å². The van der Waals surface area contributed by atoms with Gasteiger partial charge in [0.25, 0.3) is 0 Å². The molecule has 0 aliphatic heterocycles. The van der Waals surface area contributed by atoms with Gasteiger partial charge in [0.05, 0.1) is 17.7 Å². The first kappa shape index (κ1) is 17.0. The molecule has 2 aromatic heterocycles. The largest absolute Gasteiger partial charge is 0.310 e. The molecule has 0 aliphatic carbocycles. The van der Waals surface area contributed by atoms with E-state index in [2.05, 4.69) is 16.3 Å². The van der Waals surface area contributed by atoms with Crippen LogP contribution in [0.3, 0.4) is 0 Å². The molecule has 0 radical (unpaired) electrons. The van der Waals surface area contributed by atoms with E-state index in [0.29, 0.717) is 11.7 Å². The maximum Gasteiger partial charge on any atom is 0.240 e. The summed E-state index contributed by atoms with van der Waals surface area (Å²) in [5, 5.41) is 17.5. The van der Waals surface area contributed by atoms with Gasteiger partial charge in [-0.3, -0.25) is 9.20 Å². The molecule has 1 aromatic carbocycles. The molecule has 0 fully saturated rings. The summed E-state index contributed by atoms with van der Waals surface area (Å²) in [4.78, 5) is 14.6. The summed E-state index contributed by atoms with van der Waals surface area (Å²) in [5.41, 5.74) is 1.54. The highest BCUT2D eigenvalue weighted by Gasteiger charge is 2.24. The van der Waals surface area contributed by atoms with E-state index in [-0.39, 0.29) is 17.6 Å². The second-order valence-corrected chi connectivity index (χ2v) is 6.71. The van der Waals surface area contributed by atoms with Gasteiger partial charge in [0.15, 0.2) is 10.8 Å². The van der Waals surface area contributed by atoms with Crippen molar-refractivity contribution >= 4 is 29.0 Å². The number of pyridine rings is 1.